The Morgan fingerprint density at radius 2 is 1.68 bits per heavy atom. The van der Waals surface area contributed by atoms with Gasteiger partial charge in [0.2, 0.25) is 0 Å². The van der Waals surface area contributed by atoms with Gasteiger partial charge in [-0.15, -0.1) is 11.8 Å². The Kier molecular flexibility index (Phi) is 6.68. The van der Waals surface area contributed by atoms with Crippen LogP contribution < -0.4 is 10.6 Å². The molecule has 0 saturated carbocycles. The molecule has 3 N–H and O–H groups in total. The molecule has 1 atom stereocenters. The molecule has 3 rings (SSSR count). The molecular weight excluding hydrogens is 372 g/mol. The monoisotopic (exact) mass is 394 g/mol. The summed E-state index contributed by atoms with van der Waals surface area (Å²) in [6.07, 6.45) is 1.49. The molecule has 0 fully saturated rings. The zero-order valence-electron chi connectivity index (χ0n) is 15.5. The number of nitrogens with one attached hydrogen (secondary N) is 2. The summed E-state index contributed by atoms with van der Waals surface area (Å²) in [4.78, 5) is 25.1. The van der Waals surface area contributed by atoms with Crippen LogP contribution in [0.1, 0.15) is 18.1 Å². The van der Waals surface area contributed by atoms with Gasteiger partial charge in [-0.1, -0.05) is 54.6 Å². The van der Waals surface area contributed by atoms with Crippen molar-refractivity contribution in [3.05, 3.63) is 72.3 Å². The summed E-state index contributed by atoms with van der Waals surface area (Å²) in [5.41, 5.74) is 1.41. The number of rotatable bonds is 6. The Bertz CT molecular complexity index is 985. The van der Waals surface area contributed by atoms with Gasteiger partial charge in [-0.2, -0.15) is 0 Å². The van der Waals surface area contributed by atoms with Crippen LogP contribution in [0.3, 0.4) is 0 Å². The maximum atomic E-state index is 12.1. The van der Waals surface area contributed by atoms with Crippen LogP contribution in [0.4, 0.5) is 5.69 Å². The second-order valence-electron chi connectivity index (χ2n) is 6.28. The van der Waals surface area contributed by atoms with Gasteiger partial charge in [-0.05, 0) is 41.1 Å². The second-order valence-corrected chi connectivity index (χ2v) is 7.13. The summed E-state index contributed by atoms with van der Waals surface area (Å²) in [5, 5.41) is 17.7. The maximum absolute atomic E-state index is 12.1. The lowest BCUT2D eigenvalue weighted by atomic mass is 9.99. The molecule has 144 valence electrons. The molecule has 0 aliphatic rings. The molecule has 3 aromatic rings. The highest BCUT2D eigenvalue weighted by atomic mass is 32.2. The van der Waals surface area contributed by atoms with Crippen LogP contribution in [0.25, 0.3) is 10.8 Å². The zero-order valence-corrected chi connectivity index (χ0v) is 16.3. The third-order valence-corrected chi connectivity index (χ3v) is 5.24. The summed E-state index contributed by atoms with van der Waals surface area (Å²) < 4.78 is 0. The second kappa shape index (κ2) is 9.39. The van der Waals surface area contributed by atoms with E-state index in [9.17, 15) is 14.7 Å². The molecule has 0 spiro atoms. The van der Waals surface area contributed by atoms with Crippen molar-refractivity contribution in [3.8, 4) is 0 Å². The molecule has 0 saturated heterocycles. The molecule has 5 nitrogen and oxygen atoms in total. The maximum Gasteiger partial charge on any atom is 0.313 e. The van der Waals surface area contributed by atoms with Crippen molar-refractivity contribution in [2.24, 2.45) is 0 Å². The van der Waals surface area contributed by atoms with Crippen LogP contribution in [0.5, 0.6) is 0 Å². The summed E-state index contributed by atoms with van der Waals surface area (Å²) >= 11 is 1.49. The minimum Gasteiger partial charge on any atom is -0.388 e. The summed E-state index contributed by atoms with van der Waals surface area (Å²) in [5.74, 6) is -1.44. The highest BCUT2D eigenvalue weighted by molar-refractivity contribution is 7.98. The summed E-state index contributed by atoms with van der Waals surface area (Å²) in [6, 6.07) is 20.9. The first-order valence-electron chi connectivity index (χ1n) is 8.98. The molecule has 0 radical (unpaired) electrons. The van der Waals surface area contributed by atoms with E-state index in [4.69, 9.17) is 0 Å². The van der Waals surface area contributed by atoms with E-state index < -0.39 is 17.9 Å². The smallest absolute Gasteiger partial charge is 0.313 e. The van der Waals surface area contributed by atoms with Crippen LogP contribution in [-0.2, 0) is 9.59 Å². The van der Waals surface area contributed by atoms with E-state index >= 15 is 0 Å². The van der Waals surface area contributed by atoms with Gasteiger partial charge in [-0.3, -0.25) is 9.59 Å². The average Bonchev–Trinajstić information content (AvgIpc) is 2.73. The lowest BCUT2D eigenvalue weighted by molar-refractivity contribution is -0.136. The lowest BCUT2D eigenvalue weighted by Gasteiger charge is -2.14. The fourth-order valence-electron chi connectivity index (χ4n) is 3.03. The minimum atomic E-state index is -0.730. The Hall–Kier alpha value is -2.83. The molecule has 1 unspecified atom stereocenters. The fraction of sp³-hybridized carbons (Fsp3) is 0.182. The molecule has 0 aliphatic heterocycles. The number of aliphatic hydroxyl groups is 1. The van der Waals surface area contributed by atoms with Crippen molar-refractivity contribution in [3.63, 3.8) is 0 Å². The number of amides is 2. The van der Waals surface area contributed by atoms with E-state index in [0.717, 1.165) is 21.2 Å². The number of hydrogen-bond acceptors (Lipinski definition) is 4. The molecule has 2 amide bonds. The van der Waals surface area contributed by atoms with Crippen LogP contribution in [0.15, 0.2) is 71.6 Å². The Labute approximate surface area is 168 Å². The van der Waals surface area contributed by atoms with Gasteiger partial charge < -0.3 is 15.7 Å². The third kappa shape index (κ3) is 4.71. The van der Waals surface area contributed by atoms with Gasteiger partial charge in [-0.25, -0.2) is 0 Å². The van der Waals surface area contributed by atoms with Crippen molar-refractivity contribution in [1.29, 1.82) is 0 Å². The quantitative estimate of drug-likeness (QED) is 0.440. The van der Waals surface area contributed by atoms with E-state index in [-0.39, 0.29) is 6.54 Å². The van der Waals surface area contributed by atoms with Gasteiger partial charge in [0.15, 0.2) is 0 Å². The number of para-hydroxylation sites is 1. The standard InChI is InChI=1S/C22H22N2O3S/c1-28-20-12-5-4-11-18(20)24-22(27)21(26)23-14-13-19(25)17-10-6-8-15-7-2-3-9-16(15)17/h2-12,19,25H,13-14H2,1H3,(H,23,26)(H,24,27). The Balaban J connectivity index is 1.55. The Morgan fingerprint density at radius 3 is 2.50 bits per heavy atom. The molecule has 0 heterocycles. The predicted molar refractivity (Wildman–Crippen MR) is 113 cm³/mol. The van der Waals surface area contributed by atoms with Gasteiger partial charge >= 0.3 is 11.8 Å². The van der Waals surface area contributed by atoms with Gasteiger partial charge in [0.05, 0.1) is 11.8 Å². The fourth-order valence-corrected chi connectivity index (χ4v) is 3.58. The predicted octanol–water partition coefficient (Wildman–Crippen LogP) is 3.74. The van der Waals surface area contributed by atoms with E-state index in [0.29, 0.717) is 12.1 Å². The van der Waals surface area contributed by atoms with Crippen LogP contribution in [0.2, 0.25) is 0 Å². The van der Waals surface area contributed by atoms with Crippen LogP contribution in [0, 0.1) is 0 Å². The first-order chi connectivity index (χ1) is 13.6. The van der Waals surface area contributed by atoms with Crippen molar-refractivity contribution >= 4 is 40.0 Å². The number of carbonyl (C=O) groups is 2. The molecule has 0 aromatic heterocycles. The lowest BCUT2D eigenvalue weighted by Crippen LogP contribution is -2.36. The summed E-state index contributed by atoms with van der Waals surface area (Å²) in [7, 11) is 0. The number of fused-ring (bicyclic) bond motifs is 1. The van der Waals surface area contributed by atoms with E-state index in [1.54, 1.807) is 12.1 Å². The molecule has 0 bridgehead atoms. The topological polar surface area (TPSA) is 78.4 Å². The number of carbonyl (C=O) groups excluding carboxylic acids is 2. The number of aliphatic hydroxyl groups excluding tert-OH is 1. The number of thioether (sulfide) groups is 1. The molecule has 3 aromatic carbocycles. The van der Waals surface area contributed by atoms with Crippen molar-refractivity contribution < 1.29 is 14.7 Å². The van der Waals surface area contributed by atoms with E-state index in [1.807, 2.05) is 60.9 Å². The third-order valence-electron chi connectivity index (χ3n) is 4.45. The molecular formula is C22H22N2O3S. The van der Waals surface area contributed by atoms with Gasteiger partial charge in [0.1, 0.15) is 0 Å². The van der Waals surface area contributed by atoms with Crippen LogP contribution >= 0.6 is 11.8 Å². The average molecular weight is 394 g/mol. The molecule has 28 heavy (non-hydrogen) atoms. The van der Waals surface area contributed by atoms with Crippen LogP contribution in [-0.4, -0.2) is 29.7 Å². The molecule has 6 heteroatoms. The number of benzene rings is 3. The van der Waals surface area contributed by atoms with Crippen molar-refractivity contribution in [2.45, 2.75) is 17.4 Å². The number of anilines is 1. The SMILES string of the molecule is CSc1ccccc1NC(=O)C(=O)NCCC(O)c1cccc2ccccc12. The first kappa shape index (κ1) is 19.9. The minimum absolute atomic E-state index is 0.195. The highest BCUT2D eigenvalue weighted by Gasteiger charge is 2.16. The van der Waals surface area contributed by atoms with Gasteiger partial charge in [0, 0.05) is 11.4 Å². The highest BCUT2D eigenvalue weighted by Crippen LogP contribution is 2.26. The van der Waals surface area contributed by atoms with E-state index in [2.05, 4.69) is 10.6 Å². The Morgan fingerprint density at radius 1 is 0.964 bits per heavy atom. The van der Waals surface area contributed by atoms with E-state index in [1.165, 1.54) is 11.8 Å². The largest absolute Gasteiger partial charge is 0.388 e. The van der Waals surface area contributed by atoms with Gasteiger partial charge in [0.25, 0.3) is 0 Å². The molecule has 0 aliphatic carbocycles. The summed E-state index contributed by atoms with van der Waals surface area (Å²) in [6.45, 7) is 0.195. The first-order valence-corrected chi connectivity index (χ1v) is 10.2. The number of hydrogen-bond donors (Lipinski definition) is 3. The van der Waals surface area contributed by atoms with Crippen molar-refractivity contribution in [1.82, 2.24) is 5.32 Å². The normalized spacial score (nSPS) is 11.8. The van der Waals surface area contributed by atoms with Crippen molar-refractivity contribution in [2.75, 3.05) is 18.1 Å². The zero-order chi connectivity index (χ0) is 19.9.